The fourth-order valence-electron chi connectivity index (χ4n) is 2.86. The maximum absolute atomic E-state index is 13.5. The van der Waals surface area contributed by atoms with E-state index < -0.39 is 30.5 Å². The van der Waals surface area contributed by atoms with E-state index in [9.17, 15) is 23.4 Å². The van der Waals surface area contributed by atoms with Gasteiger partial charge in [-0.2, -0.15) is 13.2 Å². The predicted molar refractivity (Wildman–Crippen MR) is 118 cm³/mol. The van der Waals surface area contributed by atoms with Crippen LogP contribution in [0.1, 0.15) is 29.5 Å². The van der Waals surface area contributed by atoms with Crippen LogP contribution in [0, 0.1) is 0 Å². The SMILES string of the molecule is Cl.NC(CO)(CO)CCc1ccc(OCCCc2cc(Cl)ccc2Cl)c(C(F)(F)F)c1. The standard InChI is InChI=1S/C21H24Cl2F3NO3.ClH/c22-16-4-5-18(23)15(11-16)2-1-9-30-19-6-3-14(10-17(19)21(24,25)26)7-8-20(27,12-28)13-29;/h3-6,10-11,28-29H,1-2,7-9,12-13,27H2;1H. The maximum atomic E-state index is 13.5. The van der Waals surface area contributed by atoms with Crippen molar-refractivity contribution in [3.63, 3.8) is 0 Å². The summed E-state index contributed by atoms with van der Waals surface area (Å²) >= 11 is 12.0. The summed E-state index contributed by atoms with van der Waals surface area (Å²) in [6.45, 7) is -0.854. The zero-order valence-electron chi connectivity index (χ0n) is 16.6. The molecule has 0 aliphatic rings. The van der Waals surface area contributed by atoms with Crippen LogP contribution < -0.4 is 10.5 Å². The molecule has 0 radical (unpaired) electrons. The van der Waals surface area contributed by atoms with Crippen molar-refractivity contribution >= 4 is 35.6 Å². The summed E-state index contributed by atoms with van der Waals surface area (Å²) in [4.78, 5) is 0. The molecule has 2 aromatic rings. The van der Waals surface area contributed by atoms with E-state index in [-0.39, 0.29) is 37.6 Å². The summed E-state index contributed by atoms with van der Waals surface area (Å²) in [5, 5.41) is 19.5. The van der Waals surface area contributed by atoms with Crippen molar-refractivity contribution in [1.29, 1.82) is 0 Å². The Morgan fingerprint density at radius 3 is 2.26 bits per heavy atom. The second-order valence-electron chi connectivity index (χ2n) is 7.19. The van der Waals surface area contributed by atoms with Gasteiger partial charge >= 0.3 is 6.18 Å². The molecule has 0 spiro atoms. The number of benzene rings is 2. The van der Waals surface area contributed by atoms with Crippen LogP contribution in [0.3, 0.4) is 0 Å². The maximum Gasteiger partial charge on any atom is 0.419 e. The number of rotatable bonds is 10. The molecule has 2 rings (SSSR count). The molecule has 2 aromatic carbocycles. The minimum atomic E-state index is -4.59. The molecular formula is C21H25Cl3F3NO3. The van der Waals surface area contributed by atoms with E-state index in [1.165, 1.54) is 12.1 Å². The third-order valence-electron chi connectivity index (χ3n) is 4.75. The molecule has 0 heterocycles. The number of alkyl halides is 3. The van der Waals surface area contributed by atoms with E-state index in [0.29, 0.717) is 28.5 Å². The highest BCUT2D eigenvalue weighted by molar-refractivity contribution is 6.33. The molecular weight excluding hydrogens is 478 g/mol. The third kappa shape index (κ3) is 8.33. The molecule has 4 N–H and O–H groups in total. The number of ether oxygens (including phenoxy) is 1. The van der Waals surface area contributed by atoms with Gasteiger partial charge in [0.2, 0.25) is 0 Å². The van der Waals surface area contributed by atoms with Crippen LogP contribution in [-0.2, 0) is 19.0 Å². The molecule has 0 saturated carbocycles. The van der Waals surface area contributed by atoms with Crippen molar-refractivity contribution in [2.75, 3.05) is 19.8 Å². The smallest absolute Gasteiger partial charge is 0.419 e. The Bertz CT molecular complexity index is 846. The Labute approximate surface area is 195 Å². The Morgan fingerprint density at radius 1 is 0.968 bits per heavy atom. The normalized spacial score (nSPS) is 11.9. The van der Waals surface area contributed by atoms with Gasteiger partial charge in [-0.05, 0) is 67.1 Å². The van der Waals surface area contributed by atoms with Crippen molar-refractivity contribution in [3.8, 4) is 5.75 Å². The molecule has 0 saturated heterocycles. The van der Waals surface area contributed by atoms with Crippen LogP contribution in [-0.4, -0.2) is 35.6 Å². The van der Waals surface area contributed by atoms with Gasteiger partial charge in [0.15, 0.2) is 0 Å². The average Bonchev–Trinajstić information content (AvgIpc) is 2.71. The molecule has 0 amide bonds. The molecule has 10 heteroatoms. The summed E-state index contributed by atoms with van der Waals surface area (Å²) in [6, 6.07) is 8.86. The molecule has 0 aromatic heterocycles. The third-order valence-corrected chi connectivity index (χ3v) is 5.35. The van der Waals surface area contributed by atoms with Gasteiger partial charge in [0, 0.05) is 10.0 Å². The molecule has 174 valence electrons. The van der Waals surface area contributed by atoms with Crippen LogP contribution in [0.2, 0.25) is 10.0 Å². The second kappa shape index (κ2) is 12.1. The van der Waals surface area contributed by atoms with Crippen LogP contribution in [0.25, 0.3) is 0 Å². The lowest BCUT2D eigenvalue weighted by Gasteiger charge is -2.24. The van der Waals surface area contributed by atoms with E-state index in [1.807, 2.05) is 0 Å². The van der Waals surface area contributed by atoms with Gasteiger partial charge in [-0.15, -0.1) is 12.4 Å². The highest BCUT2D eigenvalue weighted by Gasteiger charge is 2.35. The zero-order chi connectivity index (χ0) is 22.4. The van der Waals surface area contributed by atoms with Crippen LogP contribution in [0.15, 0.2) is 36.4 Å². The molecule has 31 heavy (non-hydrogen) atoms. The van der Waals surface area contributed by atoms with Gasteiger partial charge in [0.25, 0.3) is 0 Å². The van der Waals surface area contributed by atoms with E-state index in [2.05, 4.69) is 0 Å². The first-order valence-electron chi connectivity index (χ1n) is 9.35. The molecule has 0 bridgehead atoms. The van der Waals surface area contributed by atoms with E-state index in [1.54, 1.807) is 18.2 Å². The van der Waals surface area contributed by atoms with Gasteiger partial charge in [-0.25, -0.2) is 0 Å². The molecule has 0 unspecified atom stereocenters. The van der Waals surface area contributed by atoms with Gasteiger partial charge in [-0.3, -0.25) is 0 Å². The Kier molecular flexibility index (Phi) is 10.9. The van der Waals surface area contributed by atoms with Gasteiger partial charge < -0.3 is 20.7 Å². The van der Waals surface area contributed by atoms with Crippen LogP contribution in [0.4, 0.5) is 13.2 Å². The molecule has 0 fully saturated rings. The fourth-order valence-corrected chi connectivity index (χ4v) is 3.27. The number of hydrogen-bond donors (Lipinski definition) is 3. The number of aliphatic hydroxyl groups excluding tert-OH is 2. The van der Waals surface area contributed by atoms with Gasteiger partial charge in [0.1, 0.15) is 5.75 Å². The second-order valence-corrected chi connectivity index (χ2v) is 8.04. The fraction of sp³-hybridized carbons (Fsp3) is 0.429. The van der Waals surface area contributed by atoms with Crippen molar-refractivity contribution < 1.29 is 28.1 Å². The minimum absolute atomic E-state index is 0. The van der Waals surface area contributed by atoms with Crippen molar-refractivity contribution in [2.24, 2.45) is 5.73 Å². The molecule has 0 aliphatic heterocycles. The number of aryl methyl sites for hydroxylation is 2. The van der Waals surface area contributed by atoms with E-state index >= 15 is 0 Å². The lowest BCUT2D eigenvalue weighted by Crippen LogP contribution is -2.47. The molecule has 4 nitrogen and oxygen atoms in total. The highest BCUT2D eigenvalue weighted by atomic mass is 35.5. The van der Waals surface area contributed by atoms with Gasteiger partial charge in [0.05, 0.1) is 30.9 Å². The molecule has 0 atom stereocenters. The first kappa shape index (κ1) is 27.8. The summed E-state index contributed by atoms with van der Waals surface area (Å²) in [5.41, 5.74) is 4.85. The first-order valence-corrected chi connectivity index (χ1v) is 10.1. The number of hydrogen-bond acceptors (Lipinski definition) is 4. The zero-order valence-corrected chi connectivity index (χ0v) is 18.9. The summed E-state index contributed by atoms with van der Waals surface area (Å²) in [5.74, 6) is -0.258. The summed E-state index contributed by atoms with van der Waals surface area (Å²) < 4.78 is 45.9. The topological polar surface area (TPSA) is 75.7 Å². The summed E-state index contributed by atoms with van der Waals surface area (Å²) in [7, 11) is 0. The van der Waals surface area contributed by atoms with Crippen LogP contribution >= 0.6 is 35.6 Å². The number of aliphatic hydroxyl groups is 2. The van der Waals surface area contributed by atoms with Crippen LogP contribution in [0.5, 0.6) is 5.75 Å². The number of nitrogens with two attached hydrogens (primary N) is 1. The minimum Gasteiger partial charge on any atom is -0.493 e. The van der Waals surface area contributed by atoms with Crippen molar-refractivity contribution in [3.05, 3.63) is 63.1 Å². The lowest BCUT2D eigenvalue weighted by atomic mass is 9.93. The molecule has 0 aliphatic carbocycles. The van der Waals surface area contributed by atoms with E-state index in [4.69, 9.17) is 33.7 Å². The van der Waals surface area contributed by atoms with Gasteiger partial charge in [-0.1, -0.05) is 29.3 Å². The first-order chi connectivity index (χ1) is 14.1. The van der Waals surface area contributed by atoms with Crippen molar-refractivity contribution in [2.45, 2.75) is 37.4 Å². The Balaban J connectivity index is 0.00000480. The Morgan fingerprint density at radius 2 is 1.65 bits per heavy atom. The number of halogens is 6. The largest absolute Gasteiger partial charge is 0.493 e. The average molecular weight is 503 g/mol. The van der Waals surface area contributed by atoms with E-state index in [0.717, 1.165) is 11.6 Å². The summed E-state index contributed by atoms with van der Waals surface area (Å²) in [6.07, 6.45) is -3.30. The Hall–Kier alpha value is -1.22. The lowest BCUT2D eigenvalue weighted by molar-refractivity contribution is -0.139. The quantitative estimate of drug-likeness (QED) is 0.397. The predicted octanol–water partition coefficient (Wildman–Crippen LogP) is 5.06. The highest BCUT2D eigenvalue weighted by Crippen LogP contribution is 2.37. The monoisotopic (exact) mass is 501 g/mol. The van der Waals surface area contributed by atoms with Crippen molar-refractivity contribution in [1.82, 2.24) is 0 Å².